The highest BCUT2D eigenvalue weighted by Gasteiger charge is 2.24. The SMILES string of the molecule is O=C(OCC(=O)N1CCC(Cc2ccccc2)CC1)c1cc(Cl)ccn1. The van der Waals surface area contributed by atoms with Crippen molar-refractivity contribution in [3.8, 4) is 0 Å². The van der Waals surface area contributed by atoms with Gasteiger partial charge in [0.2, 0.25) is 0 Å². The molecule has 1 fully saturated rings. The fourth-order valence-corrected chi connectivity index (χ4v) is 3.30. The van der Waals surface area contributed by atoms with Crippen LogP contribution < -0.4 is 0 Å². The predicted molar refractivity (Wildman–Crippen MR) is 99.0 cm³/mol. The lowest BCUT2D eigenvalue weighted by molar-refractivity contribution is -0.135. The second kappa shape index (κ2) is 8.81. The van der Waals surface area contributed by atoms with Gasteiger partial charge >= 0.3 is 5.97 Å². The molecule has 26 heavy (non-hydrogen) atoms. The van der Waals surface area contributed by atoms with Gasteiger partial charge in [-0.2, -0.15) is 0 Å². The number of benzene rings is 1. The Bertz CT molecular complexity index is 759. The van der Waals surface area contributed by atoms with Gasteiger partial charge in [-0.15, -0.1) is 0 Å². The second-order valence-electron chi connectivity index (χ2n) is 6.45. The quantitative estimate of drug-likeness (QED) is 0.755. The van der Waals surface area contributed by atoms with Crippen LogP contribution in [0.2, 0.25) is 5.02 Å². The molecule has 0 unspecified atom stereocenters. The van der Waals surface area contributed by atoms with Gasteiger partial charge in [0, 0.05) is 24.3 Å². The number of rotatable bonds is 5. The number of likely N-dealkylation sites (tertiary alicyclic amines) is 1. The number of aromatic nitrogens is 1. The third-order valence-corrected chi connectivity index (χ3v) is 4.83. The number of carbonyl (C=O) groups is 2. The van der Waals surface area contributed by atoms with Crippen molar-refractivity contribution in [1.29, 1.82) is 0 Å². The topological polar surface area (TPSA) is 59.5 Å². The standard InChI is InChI=1S/C20H21ClN2O3/c21-17-6-9-22-18(13-17)20(25)26-14-19(24)23-10-7-16(8-11-23)12-15-4-2-1-3-5-15/h1-6,9,13,16H,7-8,10-12,14H2. The average molecular weight is 373 g/mol. The zero-order chi connectivity index (χ0) is 18.4. The molecule has 1 aliphatic heterocycles. The molecule has 1 aromatic carbocycles. The van der Waals surface area contributed by atoms with Crippen LogP contribution in [-0.2, 0) is 16.0 Å². The number of piperidine rings is 1. The Hall–Kier alpha value is -2.40. The van der Waals surface area contributed by atoms with E-state index in [9.17, 15) is 9.59 Å². The predicted octanol–water partition coefficient (Wildman–Crippen LogP) is 3.37. The molecule has 5 nitrogen and oxygen atoms in total. The van der Waals surface area contributed by atoms with Gasteiger partial charge in [-0.3, -0.25) is 4.79 Å². The molecule has 1 aliphatic rings. The molecule has 3 rings (SSSR count). The van der Waals surface area contributed by atoms with Gasteiger partial charge in [-0.25, -0.2) is 9.78 Å². The lowest BCUT2D eigenvalue weighted by Crippen LogP contribution is -2.41. The summed E-state index contributed by atoms with van der Waals surface area (Å²) in [6, 6.07) is 13.4. The number of hydrogen-bond donors (Lipinski definition) is 0. The summed E-state index contributed by atoms with van der Waals surface area (Å²) in [5, 5.41) is 0.402. The Morgan fingerprint density at radius 2 is 1.88 bits per heavy atom. The zero-order valence-corrected chi connectivity index (χ0v) is 15.2. The summed E-state index contributed by atoms with van der Waals surface area (Å²) in [7, 11) is 0. The number of nitrogens with zero attached hydrogens (tertiary/aromatic N) is 2. The van der Waals surface area contributed by atoms with Gasteiger partial charge in [0.1, 0.15) is 5.69 Å². The summed E-state index contributed by atoms with van der Waals surface area (Å²) in [4.78, 5) is 29.9. The minimum absolute atomic E-state index is 0.104. The van der Waals surface area contributed by atoms with E-state index in [0.717, 1.165) is 19.3 Å². The number of ether oxygens (including phenoxy) is 1. The molecule has 0 saturated carbocycles. The number of amides is 1. The van der Waals surface area contributed by atoms with Gasteiger partial charge in [0.15, 0.2) is 6.61 Å². The van der Waals surface area contributed by atoms with Crippen LogP contribution >= 0.6 is 11.6 Å². The van der Waals surface area contributed by atoms with Gasteiger partial charge in [0.25, 0.3) is 5.91 Å². The summed E-state index contributed by atoms with van der Waals surface area (Å²) in [6.07, 6.45) is 4.39. The molecule has 0 bridgehead atoms. The largest absolute Gasteiger partial charge is 0.451 e. The van der Waals surface area contributed by atoms with Gasteiger partial charge in [-0.1, -0.05) is 41.9 Å². The number of halogens is 1. The Morgan fingerprint density at radius 3 is 2.58 bits per heavy atom. The van der Waals surface area contributed by atoms with Gasteiger partial charge in [-0.05, 0) is 42.9 Å². The normalized spacial score (nSPS) is 14.9. The van der Waals surface area contributed by atoms with Crippen LogP contribution in [0.5, 0.6) is 0 Å². The van der Waals surface area contributed by atoms with E-state index < -0.39 is 5.97 Å². The first-order chi connectivity index (χ1) is 12.6. The van der Waals surface area contributed by atoms with Crippen LogP contribution in [0, 0.1) is 5.92 Å². The molecule has 2 heterocycles. The molecular weight excluding hydrogens is 352 g/mol. The molecular formula is C20H21ClN2O3. The maximum absolute atomic E-state index is 12.3. The van der Waals surface area contributed by atoms with E-state index in [2.05, 4.69) is 29.2 Å². The Balaban J connectivity index is 1.43. The Labute approximate surface area is 157 Å². The first kappa shape index (κ1) is 18.4. The van der Waals surface area contributed by atoms with Crippen molar-refractivity contribution in [2.45, 2.75) is 19.3 Å². The molecule has 0 radical (unpaired) electrons. The molecule has 1 aromatic heterocycles. The van der Waals surface area contributed by atoms with Crippen molar-refractivity contribution in [1.82, 2.24) is 9.88 Å². The van der Waals surface area contributed by atoms with Crippen LogP contribution in [-0.4, -0.2) is 41.5 Å². The zero-order valence-electron chi connectivity index (χ0n) is 14.4. The van der Waals surface area contributed by atoms with Crippen molar-refractivity contribution in [3.63, 3.8) is 0 Å². The molecule has 0 spiro atoms. The van der Waals surface area contributed by atoms with E-state index in [-0.39, 0.29) is 18.2 Å². The minimum Gasteiger partial charge on any atom is -0.451 e. The van der Waals surface area contributed by atoms with Crippen molar-refractivity contribution in [2.24, 2.45) is 5.92 Å². The van der Waals surface area contributed by atoms with Crippen LogP contribution in [0.15, 0.2) is 48.7 Å². The van der Waals surface area contributed by atoms with E-state index in [1.54, 1.807) is 11.0 Å². The maximum atomic E-state index is 12.3. The fourth-order valence-electron chi connectivity index (χ4n) is 3.14. The highest BCUT2D eigenvalue weighted by molar-refractivity contribution is 6.30. The molecule has 1 saturated heterocycles. The van der Waals surface area contributed by atoms with Crippen LogP contribution in [0.25, 0.3) is 0 Å². The van der Waals surface area contributed by atoms with Crippen molar-refractivity contribution < 1.29 is 14.3 Å². The van der Waals surface area contributed by atoms with E-state index in [0.29, 0.717) is 24.0 Å². The highest BCUT2D eigenvalue weighted by atomic mass is 35.5. The van der Waals surface area contributed by atoms with Crippen LogP contribution in [0.4, 0.5) is 0 Å². The Kier molecular flexibility index (Phi) is 6.23. The van der Waals surface area contributed by atoms with Gasteiger partial charge in [0.05, 0.1) is 0 Å². The lowest BCUT2D eigenvalue weighted by Gasteiger charge is -2.32. The summed E-state index contributed by atoms with van der Waals surface area (Å²) >= 11 is 5.82. The van der Waals surface area contributed by atoms with Crippen molar-refractivity contribution >= 4 is 23.5 Å². The van der Waals surface area contributed by atoms with Gasteiger partial charge < -0.3 is 9.64 Å². The van der Waals surface area contributed by atoms with Crippen LogP contribution in [0.1, 0.15) is 28.9 Å². The molecule has 136 valence electrons. The third kappa shape index (κ3) is 5.05. The Morgan fingerprint density at radius 1 is 1.15 bits per heavy atom. The number of hydrogen-bond acceptors (Lipinski definition) is 4. The van der Waals surface area contributed by atoms with Crippen molar-refractivity contribution in [3.05, 3.63) is 64.9 Å². The maximum Gasteiger partial charge on any atom is 0.357 e. The first-order valence-corrected chi connectivity index (χ1v) is 9.10. The minimum atomic E-state index is -0.639. The first-order valence-electron chi connectivity index (χ1n) is 8.72. The van der Waals surface area contributed by atoms with Crippen LogP contribution in [0.3, 0.4) is 0 Å². The summed E-state index contributed by atoms with van der Waals surface area (Å²) in [6.45, 7) is 1.13. The number of carbonyl (C=O) groups excluding carboxylic acids is 2. The summed E-state index contributed by atoms with van der Waals surface area (Å²) < 4.78 is 5.07. The number of esters is 1. The monoisotopic (exact) mass is 372 g/mol. The van der Waals surface area contributed by atoms with E-state index in [4.69, 9.17) is 16.3 Å². The summed E-state index contributed by atoms with van der Waals surface area (Å²) in [5.74, 6) is -0.224. The molecule has 2 aromatic rings. The molecule has 0 aliphatic carbocycles. The highest BCUT2D eigenvalue weighted by Crippen LogP contribution is 2.21. The molecule has 1 amide bonds. The third-order valence-electron chi connectivity index (χ3n) is 4.59. The fraction of sp³-hybridized carbons (Fsp3) is 0.350. The molecule has 0 N–H and O–H groups in total. The van der Waals surface area contributed by atoms with Crippen molar-refractivity contribution in [2.75, 3.05) is 19.7 Å². The van der Waals surface area contributed by atoms with E-state index in [1.807, 2.05) is 6.07 Å². The number of pyridine rings is 1. The lowest BCUT2D eigenvalue weighted by atomic mass is 9.90. The molecule has 6 heteroatoms. The second-order valence-corrected chi connectivity index (χ2v) is 6.89. The molecule has 0 atom stereocenters. The average Bonchev–Trinajstić information content (AvgIpc) is 2.67. The van der Waals surface area contributed by atoms with E-state index >= 15 is 0 Å². The summed E-state index contributed by atoms with van der Waals surface area (Å²) in [5.41, 5.74) is 1.44. The smallest absolute Gasteiger partial charge is 0.357 e. The van der Waals surface area contributed by atoms with E-state index in [1.165, 1.54) is 17.8 Å².